The van der Waals surface area contributed by atoms with Gasteiger partial charge in [0.15, 0.2) is 0 Å². The van der Waals surface area contributed by atoms with Gasteiger partial charge in [-0.3, -0.25) is 14.9 Å². The SMILES string of the molecule is O=C1CNC(C(=O)N(Cc2ccco2)C2CC2)CN1. The molecule has 1 atom stereocenters. The third kappa shape index (κ3) is 2.78. The second-order valence-electron chi connectivity index (χ2n) is 5.01. The highest BCUT2D eigenvalue weighted by Crippen LogP contribution is 2.29. The summed E-state index contributed by atoms with van der Waals surface area (Å²) in [5.41, 5.74) is 0. The van der Waals surface area contributed by atoms with E-state index in [2.05, 4.69) is 10.6 Å². The van der Waals surface area contributed by atoms with E-state index in [-0.39, 0.29) is 24.4 Å². The predicted octanol–water partition coefficient (Wildman–Crippen LogP) is -0.141. The lowest BCUT2D eigenvalue weighted by Gasteiger charge is -2.29. The molecule has 1 aliphatic carbocycles. The second kappa shape index (κ2) is 5.05. The van der Waals surface area contributed by atoms with Crippen LogP contribution in [0.3, 0.4) is 0 Å². The molecule has 0 spiro atoms. The van der Waals surface area contributed by atoms with E-state index in [0.29, 0.717) is 19.1 Å². The lowest BCUT2D eigenvalue weighted by molar-refractivity contribution is -0.136. The molecular formula is C13H17N3O3. The van der Waals surface area contributed by atoms with Crippen molar-refractivity contribution in [2.45, 2.75) is 31.5 Å². The summed E-state index contributed by atoms with van der Waals surface area (Å²) in [5, 5.41) is 5.69. The summed E-state index contributed by atoms with van der Waals surface area (Å²) in [6.45, 7) is 1.07. The Kier molecular flexibility index (Phi) is 3.25. The zero-order valence-corrected chi connectivity index (χ0v) is 10.6. The number of carbonyl (C=O) groups excluding carboxylic acids is 2. The Labute approximate surface area is 111 Å². The topological polar surface area (TPSA) is 74.6 Å². The molecule has 1 aliphatic heterocycles. The number of rotatable bonds is 4. The van der Waals surface area contributed by atoms with Crippen molar-refractivity contribution in [3.8, 4) is 0 Å². The van der Waals surface area contributed by atoms with E-state index in [1.165, 1.54) is 0 Å². The van der Waals surface area contributed by atoms with Crippen LogP contribution < -0.4 is 10.6 Å². The number of nitrogens with zero attached hydrogens (tertiary/aromatic N) is 1. The summed E-state index contributed by atoms with van der Waals surface area (Å²) in [7, 11) is 0. The average molecular weight is 263 g/mol. The number of hydrogen-bond donors (Lipinski definition) is 2. The zero-order valence-electron chi connectivity index (χ0n) is 10.6. The first-order chi connectivity index (χ1) is 9.24. The minimum Gasteiger partial charge on any atom is -0.467 e. The van der Waals surface area contributed by atoms with Crippen molar-refractivity contribution in [3.05, 3.63) is 24.2 Å². The standard InChI is InChI=1S/C13H17N3O3/c17-12-7-14-11(6-15-12)13(18)16(9-3-4-9)8-10-2-1-5-19-10/h1-2,5,9,11,14H,3-4,6-8H2,(H,15,17). The first-order valence-corrected chi connectivity index (χ1v) is 6.57. The summed E-state index contributed by atoms with van der Waals surface area (Å²) in [6, 6.07) is 3.69. The highest BCUT2D eigenvalue weighted by molar-refractivity contribution is 5.87. The van der Waals surface area contributed by atoms with E-state index < -0.39 is 0 Å². The molecule has 0 bridgehead atoms. The Bertz CT molecular complexity index is 457. The minimum absolute atomic E-state index is 0.0406. The lowest BCUT2D eigenvalue weighted by Crippen LogP contribution is -2.58. The van der Waals surface area contributed by atoms with Gasteiger partial charge in [-0.2, -0.15) is 0 Å². The highest BCUT2D eigenvalue weighted by atomic mass is 16.3. The third-order valence-electron chi connectivity index (χ3n) is 3.49. The largest absolute Gasteiger partial charge is 0.467 e. The van der Waals surface area contributed by atoms with Crippen molar-refractivity contribution in [3.63, 3.8) is 0 Å². The van der Waals surface area contributed by atoms with Gasteiger partial charge in [0.05, 0.1) is 19.4 Å². The molecule has 2 fully saturated rings. The molecule has 1 unspecified atom stereocenters. The number of furan rings is 1. The zero-order chi connectivity index (χ0) is 13.2. The quantitative estimate of drug-likeness (QED) is 0.793. The number of nitrogens with one attached hydrogen (secondary N) is 2. The monoisotopic (exact) mass is 263 g/mol. The fraction of sp³-hybridized carbons (Fsp3) is 0.538. The summed E-state index contributed by atoms with van der Waals surface area (Å²) in [5.74, 6) is 0.770. The van der Waals surface area contributed by atoms with Crippen molar-refractivity contribution in [1.82, 2.24) is 15.5 Å². The maximum absolute atomic E-state index is 12.5. The molecule has 2 heterocycles. The van der Waals surface area contributed by atoms with E-state index in [1.54, 1.807) is 6.26 Å². The molecule has 2 N–H and O–H groups in total. The van der Waals surface area contributed by atoms with E-state index in [9.17, 15) is 9.59 Å². The molecule has 6 nitrogen and oxygen atoms in total. The van der Waals surface area contributed by atoms with Crippen molar-refractivity contribution in [2.24, 2.45) is 0 Å². The van der Waals surface area contributed by atoms with Gasteiger partial charge in [-0.25, -0.2) is 0 Å². The van der Waals surface area contributed by atoms with Crippen molar-refractivity contribution < 1.29 is 14.0 Å². The number of amides is 2. The minimum atomic E-state index is -0.326. The van der Waals surface area contributed by atoms with Crippen LogP contribution in [0.25, 0.3) is 0 Å². The molecule has 6 heteroatoms. The van der Waals surface area contributed by atoms with E-state index in [4.69, 9.17) is 4.42 Å². The molecule has 0 aromatic carbocycles. The summed E-state index contributed by atoms with van der Waals surface area (Å²) in [6.07, 6.45) is 3.71. The molecule has 3 rings (SSSR count). The predicted molar refractivity (Wildman–Crippen MR) is 67.1 cm³/mol. The number of carbonyl (C=O) groups is 2. The van der Waals surface area contributed by atoms with Crippen LogP contribution in [0.4, 0.5) is 0 Å². The fourth-order valence-electron chi connectivity index (χ4n) is 2.28. The van der Waals surface area contributed by atoms with Crippen LogP contribution >= 0.6 is 0 Å². The van der Waals surface area contributed by atoms with Gasteiger partial charge in [0.1, 0.15) is 11.8 Å². The maximum atomic E-state index is 12.5. The molecule has 19 heavy (non-hydrogen) atoms. The van der Waals surface area contributed by atoms with Gasteiger partial charge in [0, 0.05) is 12.6 Å². The average Bonchev–Trinajstić information content (AvgIpc) is 3.13. The third-order valence-corrected chi connectivity index (χ3v) is 3.49. The van der Waals surface area contributed by atoms with Crippen molar-refractivity contribution in [2.75, 3.05) is 13.1 Å². The Morgan fingerprint density at radius 1 is 1.47 bits per heavy atom. The lowest BCUT2D eigenvalue weighted by atomic mass is 10.2. The van der Waals surface area contributed by atoms with Crippen molar-refractivity contribution in [1.29, 1.82) is 0 Å². The van der Waals surface area contributed by atoms with Gasteiger partial charge in [0.25, 0.3) is 0 Å². The van der Waals surface area contributed by atoms with Crippen LogP contribution in [0.15, 0.2) is 22.8 Å². The van der Waals surface area contributed by atoms with Gasteiger partial charge in [-0.05, 0) is 25.0 Å². The van der Waals surface area contributed by atoms with Gasteiger partial charge >= 0.3 is 0 Å². The Morgan fingerprint density at radius 2 is 2.32 bits per heavy atom. The molecule has 1 aromatic heterocycles. The van der Waals surface area contributed by atoms with Gasteiger partial charge in [-0.1, -0.05) is 0 Å². The van der Waals surface area contributed by atoms with Crippen LogP contribution in [0.1, 0.15) is 18.6 Å². The first kappa shape index (κ1) is 12.2. The smallest absolute Gasteiger partial charge is 0.242 e. The summed E-state index contributed by atoms with van der Waals surface area (Å²) in [4.78, 5) is 25.4. The molecule has 1 saturated heterocycles. The Balaban J connectivity index is 1.66. The van der Waals surface area contributed by atoms with E-state index in [0.717, 1.165) is 18.6 Å². The van der Waals surface area contributed by atoms with Gasteiger partial charge in [-0.15, -0.1) is 0 Å². The summed E-state index contributed by atoms with van der Waals surface area (Å²) < 4.78 is 5.31. The van der Waals surface area contributed by atoms with Crippen LogP contribution in [-0.2, 0) is 16.1 Å². The van der Waals surface area contributed by atoms with E-state index >= 15 is 0 Å². The van der Waals surface area contributed by atoms with Crippen LogP contribution in [0, 0.1) is 0 Å². The second-order valence-corrected chi connectivity index (χ2v) is 5.01. The molecule has 0 radical (unpaired) electrons. The molecule has 2 amide bonds. The Morgan fingerprint density at radius 3 is 2.89 bits per heavy atom. The van der Waals surface area contributed by atoms with Crippen molar-refractivity contribution >= 4 is 11.8 Å². The Hall–Kier alpha value is -1.82. The van der Waals surface area contributed by atoms with Crippen LogP contribution in [0.5, 0.6) is 0 Å². The summed E-state index contributed by atoms with van der Waals surface area (Å²) >= 11 is 0. The maximum Gasteiger partial charge on any atom is 0.242 e. The number of hydrogen-bond acceptors (Lipinski definition) is 4. The first-order valence-electron chi connectivity index (χ1n) is 6.57. The molecule has 102 valence electrons. The fourth-order valence-corrected chi connectivity index (χ4v) is 2.28. The molecule has 2 aliphatic rings. The van der Waals surface area contributed by atoms with Gasteiger partial charge < -0.3 is 14.6 Å². The van der Waals surface area contributed by atoms with E-state index in [1.807, 2.05) is 17.0 Å². The highest BCUT2D eigenvalue weighted by Gasteiger charge is 2.37. The molecule has 1 saturated carbocycles. The van der Waals surface area contributed by atoms with Crippen LogP contribution in [0.2, 0.25) is 0 Å². The van der Waals surface area contributed by atoms with Gasteiger partial charge in [0.2, 0.25) is 11.8 Å². The normalized spacial score (nSPS) is 22.9. The number of piperazine rings is 1. The van der Waals surface area contributed by atoms with Crippen LogP contribution in [-0.4, -0.2) is 41.9 Å². The molecular weight excluding hydrogens is 246 g/mol. The molecule has 1 aromatic rings.